The van der Waals surface area contributed by atoms with Gasteiger partial charge in [0, 0.05) is 6.04 Å². The van der Waals surface area contributed by atoms with E-state index in [1.165, 1.54) is 12.0 Å². The average Bonchev–Trinajstić information content (AvgIpc) is 3.32. The van der Waals surface area contributed by atoms with Gasteiger partial charge < -0.3 is 4.74 Å². The number of methoxy groups -OCH3 is 1. The second-order valence-corrected chi connectivity index (χ2v) is 6.24. The van der Waals surface area contributed by atoms with E-state index in [4.69, 9.17) is 4.74 Å². The second-order valence-electron chi connectivity index (χ2n) is 6.24. The summed E-state index contributed by atoms with van der Waals surface area (Å²) in [5.41, 5.74) is 2.31. The Kier molecular flexibility index (Phi) is 4.43. The minimum Gasteiger partial charge on any atom is -0.497 e. The number of nitrogens with zero attached hydrogens (tertiary/aromatic N) is 5. The molecule has 1 atom stereocenters. The van der Waals surface area contributed by atoms with Gasteiger partial charge in [-0.2, -0.15) is 4.68 Å². The molecule has 6 heteroatoms. The third kappa shape index (κ3) is 3.25. The summed E-state index contributed by atoms with van der Waals surface area (Å²) in [6.07, 6.45) is 2.34. The minimum atomic E-state index is 0.395. The van der Waals surface area contributed by atoms with E-state index >= 15 is 0 Å². The quantitative estimate of drug-likeness (QED) is 0.717. The van der Waals surface area contributed by atoms with Crippen LogP contribution in [0.25, 0.3) is 5.69 Å². The van der Waals surface area contributed by atoms with Crippen molar-refractivity contribution in [3.05, 3.63) is 66.0 Å². The fraction of sp³-hybridized carbons (Fsp3) is 0.316. The van der Waals surface area contributed by atoms with Crippen LogP contribution in [0.2, 0.25) is 0 Å². The highest BCUT2D eigenvalue weighted by atomic mass is 16.5. The molecule has 1 aliphatic rings. The Hall–Kier alpha value is -2.73. The van der Waals surface area contributed by atoms with E-state index in [1.807, 2.05) is 47.1 Å². The summed E-state index contributed by atoms with van der Waals surface area (Å²) in [5.74, 6) is 1.76. The van der Waals surface area contributed by atoms with E-state index in [2.05, 4.69) is 32.6 Å². The van der Waals surface area contributed by atoms with Crippen LogP contribution in [0.4, 0.5) is 0 Å². The molecule has 0 saturated carbocycles. The molecular formula is C19H21N5O. The molecule has 128 valence electrons. The van der Waals surface area contributed by atoms with Crippen molar-refractivity contribution in [2.75, 3.05) is 13.7 Å². The molecule has 3 aromatic rings. The van der Waals surface area contributed by atoms with Gasteiger partial charge in [0.15, 0.2) is 5.82 Å². The number of ether oxygens (including phenoxy) is 1. The molecule has 2 heterocycles. The van der Waals surface area contributed by atoms with E-state index in [0.717, 1.165) is 36.8 Å². The summed E-state index contributed by atoms with van der Waals surface area (Å²) in [7, 11) is 1.69. The topological polar surface area (TPSA) is 56.1 Å². The molecular weight excluding hydrogens is 314 g/mol. The van der Waals surface area contributed by atoms with Gasteiger partial charge in [0.1, 0.15) is 5.75 Å². The molecule has 0 bridgehead atoms. The first-order valence-electron chi connectivity index (χ1n) is 8.56. The molecule has 4 rings (SSSR count). The highest BCUT2D eigenvalue weighted by Crippen LogP contribution is 2.33. The zero-order valence-corrected chi connectivity index (χ0v) is 14.2. The summed E-state index contributed by atoms with van der Waals surface area (Å²) in [6.45, 7) is 1.79. The summed E-state index contributed by atoms with van der Waals surface area (Å²) in [5, 5.41) is 12.3. The Morgan fingerprint density at radius 3 is 2.64 bits per heavy atom. The van der Waals surface area contributed by atoms with E-state index < -0.39 is 0 Å². The molecule has 2 aromatic carbocycles. The Morgan fingerprint density at radius 1 is 1.08 bits per heavy atom. The summed E-state index contributed by atoms with van der Waals surface area (Å²) < 4.78 is 7.09. The fourth-order valence-corrected chi connectivity index (χ4v) is 3.47. The standard InChI is InChI=1S/C19H21N5O/c1-25-17-11-9-15(10-12-17)18-8-5-13-23(18)14-19-20-21-22-24(19)16-6-3-2-4-7-16/h2-4,6-7,9-12,18H,5,8,13-14H2,1H3/t18-/m1/s1. The molecule has 0 aliphatic carbocycles. The Labute approximate surface area is 147 Å². The third-order valence-corrected chi connectivity index (χ3v) is 4.74. The van der Waals surface area contributed by atoms with Gasteiger partial charge in [-0.1, -0.05) is 30.3 Å². The highest BCUT2D eigenvalue weighted by Gasteiger charge is 2.27. The van der Waals surface area contributed by atoms with Gasteiger partial charge in [-0.3, -0.25) is 4.90 Å². The molecule has 1 saturated heterocycles. The van der Waals surface area contributed by atoms with Crippen molar-refractivity contribution >= 4 is 0 Å². The molecule has 1 fully saturated rings. The minimum absolute atomic E-state index is 0.395. The van der Waals surface area contributed by atoms with Gasteiger partial charge in [-0.05, 0) is 59.6 Å². The van der Waals surface area contributed by atoms with E-state index in [1.54, 1.807) is 7.11 Å². The van der Waals surface area contributed by atoms with Crippen LogP contribution in [-0.2, 0) is 6.54 Å². The normalized spacial score (nSPS) is 17.7. The van der Waals surface area contributed by atoms with Crippen LogP contribution in [0.3, 0.4) is 0 Å². The molecule has 0 radical (unpaired) electrons. The number of rotatable bonds is 5. The lowest BCUT2D eigenvalue weighted by molar-refractivity contribution is 0.240. The van der Waals surface area contributed by atoms with Gasteiger partial charge in [-0.15, -0.1) is 5.10 Å². The number of benzene rings is 2. The zero-order valence-electron chi connectivity index (χ0n) is 14.2. The van der Waals surface area contributed by atoms with Crippen LogP contribution < -0.4 is 4.74 Å². The maximum absolute atomic E-state index is 5.27. The smallest absolute Gasteiger partial charge is 0.170 e. The van der Waals surface area contributed by atoms with Crippen molar-refractivity contribution in [1.82, 2.24) is 25.1 Å². The Morgan fingerprint density at radius 2 is 1.88 bits per heavy atom. The van der Waals surface area contributed by atoms with E-state index in [0.29, 0.717) is 6.04 Å². The first-order valence-corrected chi connectivity index (χ1v) is 8.56. The zero-order chi connectivity index (χ0) is 17.1. The van der Waals surface area contributed by atoms with Crippen LogP contribution in [0.1, 0.15) is 30.3 Å². The monoisotopic (exact) mass is 335 g/mol. The highest BCUT2D eigenvalue weighted by molar-refractivity contribution is 5.31. The van der Waals surface area contributed by atoms with E-state index in [-0.39, 0.29) is 0 Å². The maximum atomic E-state index is 5.27. The van der Waals surface area contributed by atoms with Crippen LogP contribution >= 0.6 is 0 Å². The molecule has 0 amide bonds. The number of para-hydroxylation sites is 1. The van der Waals surface area contributed by atoms with Crippen molar-refractivity contribution in [3.63, 3.8) is 0 Å². The first kappa shape index (κ1) is 15.8. The number of tetrazole rings is 1. The number of aromatic nitrogens is 4. The molecule has 25 heavy (non-hydrogen) atoms. The number of hydrogen-bond donors (Lipinski definition) is 0. The lowest BCUT2D eigenvalue weighted by atomic mass is 10.0. The van der Waals surface area contributed by atoms with Crippen LogP contribution in [0, 0.1) is 0 Å². The molecule has 0 N–H and O–H groups in total. The first-order chi connectivity index (χ1) is 12.3. The van der Waals surface area contributed by atoms with Crippen molar-refractivity contribution in [2.24, 2.45) is 0 Å². The summed E-state index contributed by atoms with van der Waals surface area (Å²) in [6, 6.07) is 18.8. The Balaban J connectivity index is 1.55. The van der Waals surface area contributed by atoms with Gasteiger partial charge >= 0.3 is 0 Å². The largest absolute Gasteiger partial charge is 0.497 e. The lowest BCUT2D eigenvalue weighted by Gasteiger charge is -2.24. The maximum Gasteiger partial charge on any atom is 0.170 e. The molecule has 1 aromatic heterocycles. The molecule has 0 unspecified atom stereocenters. The lowest BCUT2D eigenvalue weighted by Crippen LogP contribution is -2.24. The Bertz CT molecular complexity index is 815. The van der Waals surface area contributed by atoms with Gasteiger partial charge in [-0.25, -0.2) is 0 Å². The van der Waals surface area contributed by atoms with Crippen molar-refractivity contribution in [3.8, 4) is 11.4 Å². The molecule has 6 nitrogen and oxygen atoms in total. The molecule has 1 aliphatic heterocycles. The summed E-state index contributed by atoms with van der Waals surface area (Å²) in [4.78, 5) is 2.45. The third-order valence-electron chi connectivity index (χ3n) is 4.74. The fourth-order valence-electron chi connectivity index (χ4n) is 3.47. The van der Waals surface area contributed by atoms with Gasteiger partial charge in [0.25, 0.3) is 0 Å². The summed E-state index contributed by atoms with van der Waals surface area (Å²) >= 11 is 0. The van der Waals surface area contributed by atoms with Crippen molar-refractivity contribution in [1.29, 1.82) is 0 Å². The number of likely N-dealkylation sites (tertiary alicyclic amines) is 1. The van der Waals surface area contributed by atoms with Crippen molar-refractivity contribution in [2.45, 2.75) is 25.4 Å². The van der Waals surface area contributed by atoms with Gasteiger partial charge in [0.05, 0.1) is 19.3 Å². The number of hydrogen-bond acceptors (Lipinski definition) is 5. The second kappa shape index (κ2) is 7.03. The van der Waals surface area contributed by atoms with Crippen molar-refractivity contribution < 1.29 is 4.74 Å². The predicted octanol–water partition coefficient (Wildman–Crippen LogP) is 3.01. The van der Waals surface area contributed by atoms with Gasteiger partial charge in [0.2, 0.25) is 0 Å². The average molecular weight is 335 g/mol. The van der Waals surface area contributed by atoms with E-state index in [9.17, 15) is 0 Å². The van der Waals surface area contributed by atoms with Crippen LogP contribution in [0.5, 0.6) is 5.75 Å². The molecule has 0 spiro atoms. The van der Waals surface area contributed by atoms with Crippen LogP contribution in [-0.4, -0.2) is 38.8 Å². The SMILES string of the molecule is COc1ccc([C@H]2CCCN2Cc2nnnn2-c2ccccc2)cc1. The predicted molar refractivity (Wildman–Crippen MR) is 94.5 cm³/mol. The van der Waals surface area contributed by atoms with Crippen LogP contribution in [0.15, 0.2) is 54.6 Å².